The van der Waals surface area contributed by atoms with Crippen molar-refractivity contribution in [3.8, 4) is 22.3 Å². The molecule has 2 aliphatic heterocycles. The summed E-state index contributed by atoms with van der Waals surface area (Å²) < 4.78 is 12.6. The standard InChI is InChI=1S/C54H70ClN9O7S/c1-32(34-12-14-35(15-13-34)44-33(2)58-31-72-44)59-47(68)41-24-38(65)28-64(41)48(69)45(51(3,4)5)60-43(66)29-70-52(6,7)30-62-20-22-63(23-21-62)42-19-17-37(27-57-42)46(67)61-49-53(8,9)50(54(49,10)11)71-39-18-16-36(26-56)40(55)25-39/h12-19,25,27,31-32,38,41,45,49-50,65H,20-24,28-30H2,1-11H3,(H,59,68)(H,60,66)(H,61,67)/t32-,38+,41?,45?,49?,50?/m0/s1. The van der Waals surface area contributed by atoms with E-state index in [2.05, 4.69) is 69.5 Å². The average Bonchev–Trinajstić information content (AvgIpc) is 3.95. The van der Waals surface area contributed by atoms with Gasteiger partial charge in [-0.2, -0.15) is 5.26 Å². The van der Waals surface area contributed by atoms with Crippen LogP contribution in [0.1, 0.15) is 109 Å². The largest absolute Gasteiger partial charge is 0.489 e. The first-order chi connectivity index (χ1) is 33.8. The monoisotopic (exact) mass is 1020 g/mol. The predicted molar refractivity (Wildman–Crippen MR) is 279 cm³/mol. The third-order valence-corrected chi connectivity index (χ3v) is 15.7. The van der Waals surface area contributed by atoms with Crippen LogP contribution in [0.15, 0.2) is 66.3 Å². The Bertz CT molecular complexity index is 2640. The summed E-state index contributed by atoms with van der Waals surface area (Å²) in [4.78, 5) is 71.1. The second-order valence-corrected chi connectivity index (χ2v) is 23.7. The van der Waals surface area contributed by atoms with E-state index in [1.54, 1.807) is 41.8 Å². The van der Waals surface area contributed by atoms with Crippen LogP contribution in [0.2, 0.25) is 5.02 Å². The number of ether oxygens (including phenoxy) is 2. The summed E-state index contributed by atoms with van der Waals surface area (Å²) in [5, 5.41) is 29.5. The van der Waals surface area contributed by atoms with Gasteiger partial charge in [0.25, 0.3) is 5.91 Å². The maximum atomic E-state index is 14.3. The molecule has 4 amide bonds. The first-order valence-corrected chi connectivity index (χ1v) is 25.9. The molecular formula is C54H70ClN9O7S. The Morgan fingerprint density at radius 2 is 1.64 bits per heavy atom. The fraction of sp³-hybridized carbons (Fsp3) is 0.537. The van der Waals surface area contributed by atoms with Crippen LogP contribution in [-0.2, 0) is 19.1 Å². The first-order valence-electron chi connectivity index (χ1n) is 24.6. The SMILES string of the molecule is Cc1ncsc1-c1ccc([C@H](C)NC(=O)C2C[C@@H](O)CN2C(=O)C(NC(=O)COC(C)(C)CN2CCN(c3ccc(C(=O)NC4C(C)(C)C(Oc5ccc(C#N)c(Cl)c5)C4(C)C)cn3)CC2)C(C)(C)C)cc1. The molecule has 0 spiro atoms. The number of aliphatic hydroxyl groups excluding tert-OH is 1. The number of carbonyl (C=O) groups excluding carboxylic acids is 4. The maximum Gasteiger partial charge on any atom is 0.253 e. The molecule has 16 nitrogen and oxygen atoms in total. The number of rotatable bonds is 16. The Balaban J connectivity index is 0.862. The number of aliphatic hydroxyl groups is 1. The van der Waals surface area contributed by atoms with Gasteiger partial charge >= 0.3 is 0 Å². The Hall–Kier alpha value is -5.64. The van der Waals surface area contributed by atoms with Crippen molar-refractivity contribution in [1.82, 2.24) is 35.7 Å². The van der Waals surface area contributed by atoms with Crippen molar-refractivity contribution in [1.29, 1.82) is 5.26 Å². The molecular weight excluding hydrogens is 954 g/mol. The summed E-state index contributed by atoms with van der Waals surface area (Å²) in [6.07, 6.45) is 0.583. The van der Waals surface area contributed by atoms with E-state index in [0.717, 1.165) is 40.6 Å². The number of β-amino-alcohol motifs (C(OH)–C–C–N with tert-alkyl or cyclic N) is 1. The summed E-state index contributed by atoms with van der Waals surface area (Å²) in [5.41, 5.74) is 3.32. The Labute approximate surface area is 432 Å². The van der Waals surface area contributed by atoms with Crippen LogP contribution in [0.3, 0.4) is 0 Å². The third kappa shape index (κ3) is 12.1. The molecule has 386 valence electrons. The summed E-state index contributed by atoms with van der Waals surface area (Å²) in [7, 11) is 0. The van der Waals surface area contributed by atoms with Gasteiger partial charge in [-0.1, -0.05) is 84.3 Å². The van der Waals surface area contributed by atoms with E-state index in [0.29, 0.717) is 41.5 Å². The Kier molecular flexibility index (Phi) is 16.1. The van der Waals surface area contributed by atoms with Gasteiger partial charge in [0.2, 0.25) is 17.7 Å². The van der Waals surface area contributed by atoms with E-state index in [9.17, 15) is 29.5 Å². The van der Waals surface area contributed by atoms with Crippen molar-refractivity contribution in [2.75, 3.05) is 50.8 Å². The number of amides is 4. The third-order valence-electron chi connectivity index (χ3n) is 14.4. The molecule has 4 atom stereocenters. The number of carbonyl (C=O) groups is 4. The molecule has 2 saturated heterocycles. The summed E-state index contributed by atoms with van der Waals surface area (Å²) in [5.74, 6) is -0.144. The lowest BCUT2D eigenvalue weighted by molar-refractivity contribution is -0.164. The molecule has 1 saturated carbocycles. The summed E-state index contributed by atoms with van der Waals surface area (Å²) >= 11 is 7.84. The second-order valence-electron chi connectivity index (χ2n) is 22.4. The first kappa shape index (κ1) is 54.1. The fourth-order valence-corrected chi connectivity index (χ4v) is 11.7. The molecule has 4 aromatic rings. The minimum atomic E-state index is -0.986. The van der Waals surface area contributed by atoms with Crippen LogP contribution in [0, 0.1) is 34.5 Å². The zero-order valence-electron chi connectivity index (χ0n) is 43.3. The van der Waals surface area contributed by atoms with Crippen molar-refractivity contribution in [3.05, 3.63) is 93.7 Å². The number of hydrogen-bond donors (Lipinski definition) is 4. The maximum absolute atomic E-state index is 14.3. The van der Waals surface area contributed by atoms with Crippen LogP contribution in [0.25, 0.3) is 10.4 Å². The minimum absolute atomic E-state index is 0.0259. The van der Waals surface area contributed by atoms with Crippen LogP contribution in [0.5, 0.6) is 5.75 Å². The lowest BCUT2D eigenvalue weighted by Gasteiger charge is -2.63. The highest BCUT2D eigenvalue weighted by Crippen LogP contribution is 2.55. The normalized spacial score (nSPS) is 21.7. The van der Waals surface area contributed by atoms with Gasteiger partial charge in [0, 0.05) is 74.8 Å². The van der Waals surface area contributed by atoms with Crippen LogP contribution in [-0.4, -0.2) is 130 Å². The molecule has 4 heterocycles. The number of pyridine rings is 1. The molecule has 2 aromatic heterocycles. The highest BCUT2D eigenvalue weighted by molar-refractivity contribution is 7.13. The van der Waals surface area contributed by atoms with E-state index in [1.807, 2.05) is 84.3 Å². The molecule has 0 bridgehead atoms. The van der Waals surface area contributed by atoms with E-state index in [-0.39, 0.29) is 49.6 Å². The molecule has 2 aromatic carbocycles. The summed E-state index contributed by atoms with van der Waals surface area (Å²) in [6, 6.07) is 16.3. The van der Waals surface area contributed by atoms with Crippen molar-refractivity contribution in [3.63, 3.8) is 0 Å². The number of likely N-dealkylation sites (tertiary alicyclic amines) is 1. The number of aryl methyl sites for hydroxylation is 1. The number of thiazole rings is 1. The number of piperazine rings is 1. The van der Waals surface area contributed by atoms with Gasteiger partial charge < -0.3 is 40.3 Å². The minimum Gasteiger partial charge on any atom is -0.489 e. The molecule has 72 heavy (non-hydrogen) atoms. The van der Waals surface area contributed by atoms with Gasteiger partial charge in [-0.25, -0.2) is 9.97 Å². The Morgan fingerprint density at radius 3 is 2.22 bits per heavy atom. The molecule has 1 aliphatic carbocycles. The van der Waals surface area contributed by atoms with Crippen molar-refractivity contribution in [2.24, 2.45) is 16.2 Å². The van der Waals surface area contributed by atoms with Crippen molar-refractivity contribution >= 4 is 52.4 Å². The Morgan fingerprint density at radius 1 is 0.958 bits per heavy atom. The number of hydrogen-bond acceptors (Lipinski definition) is 13. The highest BCUT2D eigenvalue weighted by Gasteiger charge is 2.64. The lowest BCUT2D eigenvalue weighted by atomic mass is 9.49. The number of nitrogens with one attached hydrogen (secondary N) is 3. The highest BCUT2D eigenvalue weighted by atomic mass is 35.5. The second kappa shape index (κ2) is 21.4. The van der Waals surface area contributed by atoms with Gasteiger partial charge in [-0.3, -0.25) is 24.1 Å². The molecule has 3 fully saturated rings. The molecule has 4 N–H and O–H groups in total. The molecule has 18 heteroatoms. The van der Waals surface area contributed by atoms with Crippen LogP contribution < -0.4 is 25.6 Å². The predicted octanol–water partition coefficient (Wildman–Crippen LogP) is 6.94. The zero-order chi connectivity index (χ0) is 52.5. The van der Waals surface area contributed by atoms with Gasteiger partial charge in [0.15, 0.2) is 0 Å². The number of aromatic nitrogens is 2. The van der Waals surface area contributed by atoms with E-state index in [4.69, 9.17) is 21.1 Å². The van der Waals surface area contributed by atoms with Gasteiger partial charge in [0.05, 0.1) is 50.0 Å². The number of halogens is 1. The van der Waals surface area contributed by atoms with Crippen molar-refractivity contribution < 1.29 is 33.8 Å². The number of nitrogens with zero attached hydrogens (tertiary/aromatic N) is 6. The average molecular weight is 1020 g/mol. The van der Waals surface area contributed by atoms with Crippen LogP contribution in [0.4, 0.5) is 5.82 Å². The van der Waals surface area contributed by atoms with Gasteiger partial charge in [-0.05, 0) is 68.5 Å². The van der Waals surface area contributed by atoms with Gasteiger partial charge in [0.1, 0.15) is 42.4 Å². The summed E-state index contributed by atoms with van der Waals surface area (Å²) in [6.45, 7) is 24.6. The fourth-order valence-electron chi connectivity index (χ4n) is 10.7. The number of nitriles is 1. The zero-order valence-corrected chi connectivity index (χ0v) is 44.9. The number of anilines is 1. The quantitative estimate of drug-likeness (QED) is 0.0903. The van der Waals surface area contributed by atoms with E-state index in [1.165, 1.54) is 4.90 Å². The topological polar surface area (TPSA) is 202 Å². The smallest absolute Gasteiger partial charge is 0.253 e. The number of benzene rings is 2. The van der Waals surface area contributed by atoms with Crippen LogP contribution >= 0.6 is 22.9 Å². The lowest BCUT2D eigenvalue weighted by Crippen LogP contribution is -2.74. The molecule has 0 radical (unpaired) electrons. The molecule has 7 rings (SSSR count). The molecule has 3 aliphatic rings. The van der Waals surface area contributed by atoms with Crippen molar-refractivity contribution in [2.45, 2.75) is 125 Å². The van der Waals surface area contributed by atoms with Gasteiger partial charge in [-0.15, -0.1) is 11.3 Å². The molecule has 2 unspecified atom stereocenters. The van der Waals surface area contributed by atoms with E-state index < -0.39 is 51.8 Å². The van der Waals surface area contributed by atoms with E-state index >= 15 is 0 Å².